The SMILES string of the molecule is O=C(Nc1ccc2c(c1)C(=O)c1ccccc1C2=O)c1ccc(-c2ccccc2[N+](=O)[O-])o1. The second-order valence-electron chi connectivity index (χ2n) is 7.36. The molecule has 0 unspecified atom stereocenters. The van der Waals surface area contributed by atoms with Crippen molar-refractivity contribution in [1.29, 1.82) is 0 Å². The molecule has 0 bridgehead atoms. The zero-order valence-electron chi connectivity index (χ0n) is 16.9. The van der Waals surface area contributed by atoms with Gasteiger partial charge in [0.25, 0.3) is 11.6 Å². The number of carbonyl (C=O) groups excluding carboxylic acids is 3. The normalized spacial score (nSPS) is 12.1. The third-order valence-electron chi connectivity index (χ3n) is 5.38. The van der Waals surface area contributed by atoms with Crippen molar-refractivity contribution in [3.63, 3.8) is 0 Å². The molecule has 5 rings (SSSR count). The summed E-state index contributed by atoms with van der Waals surface area (Å²) in [7, 11) is 0. The van der Waals surface area contributed by atoms with Gasteiger partial charge in [-0.3, -0.25) is 24.5 Å². The van der Waals surface area contributed by atoms with Crippen molar-refractivity contribution in [2.45, 2.75) is 0 Å². The van der Waals surface area contributed by atoms with E-state index in [4.69, 9.17) is 4.42 Å². The van der Waals surface area contributed by atoms with Crippen LogP contribution in [0.15, 0.2) is 83.3 Å². The predicted octanol–water partition coefficient (Wildman–Crippen LogP) is 4.88. The molecule has 0 atom stereocenters. The monoisotopic (exact) mass is 438 g/mol. The lowest BCUT2D eigenvalue weighted by molar-refractivity contribution is -0.384. The van der Waals surface area contributed by atoms with Crippen LogP contribution in [0.2, 0.25) is 0 Å². The summed E-state index contributed by atoms with van der Waals surface area (Å²) < 4.78 is 5.55. The first-order chi connectivity index (χ1) is 15.9. The maximum Gasteiger partial charge on any atom is 0.291 e. The Bertz CT molecular complexity index is 1480. The van der Waals surface area contributed by atoms with E-state index >= 15 is 0 Å². The number of nitrogens with one attached hydrogen (secondary N) is 1. The van der Waals surface area contributed by atoms with Crippen molar-refractivity contribution in [1.82, 2.24) is 0 Å². The molecule has 1 amide bonds. The Morgan fingerprint density at radius 2 is 1.36 bits per heavy atom. The van der Waals surface area contributed by atoms with Crippen molar-refractivity contribution in [3.8, 4) is 11.3 Å². The summed E-state index contributed by atoms with van der Waals surface area (Å²) >= 11 is 0. The van der Waals surface area contributed by atoms with Gasteiger partial charge in [-0.1, -0.05) is 36.4 Å². The average Bonchev–Trinajstić information content (AvgIpc) is 3.33. The van der Waals surface area contributed by atoms with E-state index in [2.05, 4.69) is 5.32 Å². The van der Waals surface area contributed by atoms with Crippen LogP contribution in [0.4, 0.5) is 11.4 Å². The molecule has 0 spiro atoms. The molecule has 0 radical (unpaired) electrons. The minimum absolute atomic E-state index is 0.0615. The van der Waals surface area contributed by atoms with Gasteiger partial charge in [0.05, 0.1) is 10.5 Å². The molecule has 3 aromatic carbocycles. The van der Waals surface area contributed by atoms with Crippen molar-refractivity contribution in [2.24, 2.45) is 0 Å². The Balaban J connectivity index is 1.42. The van der Waals surface area contributed by atoms with Gasteiger partial charge in [0, 0.05) is 34.0 Å². The molecule has 4 aromatic rings. The molecule has 33 heavy (non-hydrogen) atoms. The van der Waals surface area contributed by atoms with Crippen LogP contribution in [0, 0.1) is 10.1 Å². The molecule has 1 aromatic heterocycles. The quantitative estimate of drug-likeness (QED) is 0.315. The summed E-state index contributed by atoms with van der Waals surface area (Å²) in [6.45, 7) is 0. The molecular formula is C25H14N2O6. The standard InChI is InChI=1S/C25H14N2O6/c28-23-15-5-1-2-6-16(15)24(29)19-13-14(9-10-17(19)23)26-25(30)22-12-11-21(33-22)18-7-3-4-8-20(18)27(31)32/h1-13H,(H,26,30). The number of ketones is 2. The number of benzene rings is 3. The number of hydrogen-bond acceptors (Lipinski definition) is 6. The fourth-order valence-corrected chi connectivity index (χ4v) is 3.82. The smallest absolute Gasteiger partial charge is 0.291 e. The lowest BCUT2D eigenvalue weighted by Crippen LogP contribution is -2.21. The highest BCUT2D eigenvalue weighted by Crippen LogP contribution is 2.32. The van der Waals surface area contributed by atoms with Gasteiger partial charge in [-0.2, -0.15) is 0 Å². The first-order valence-electron chi connectivity index (χ1n) is 9.91. The Morgan fingerprint density at radius 1 is 0.758 bits per heavy atom. The number of carbonyl (C=O) groups is 3. The molecule has 0 fully saturated rings. The zero-order valence-corrected chi connectivity index (χ0v) is 16.9. The molecule has 0 saturated carbocycles. The summed E-state index contributed by atoms with van der Waals surface area (Å²) in [5.41, 5.74) is 1.56. The minimum Gasteiger partial charge on any atom is -0.451 e. The molecule has 1 aliphatic rings. The Hall–Kier alpha value is -4.85. The number of hydrogen-bond donors (Lipinski definition) is 1. The lowest BCUT2D eigenvalue weighted by Gasteiger charge is -2.18. The van der Waals surface area contributed by atoms with Crippen molar-refractivity contribution < 1.29 is 23.7 Å². The molecule has 1 N–H and O–H groups in total. The van der Waals surface area contributed by atoms with E-state index in [1.54, 1.807) is 36.4 Å². The summed E-state index contributed by atoms with van der Waals surface area (Å²) in [6, 6.07) is 20.0. The van der Waals surface area contributed by atoms with Crippen LogP contribution in [0.3, 0.4) is 0 Å². The Morgan fingerprint density at radius 3 is 2.06 bits per heavy atom. The number of anilines is 1. The fourth-order valence-electron chi connectivity index (χ4n) is 3.82. The van der Waals surface area contributed by atoms with Crippen LogP contribution in [-0.4, -0.2) is 22.4 Å². The summed E-state index contributed by atoms with van der Waals surface area (Å²) in [6.07, 6.45) is 0. The van der Waals surface area contributed by atoms with Gasteiger partial charge in [-0.15, -0.1) is 0 Å². The molecule has 8 nitrogen and oxygen atoms in total. The van der Waals surface area contributed by atoms with Crippen LogP contribution < -0.4 is 5.32 Å². The van der Waals surface area contributed by atoms with Crippen LogP contribution in [0.25, 0.3) is 11.3 Å². The number of fused-ring (bicyclic) bond motifs is 2. The summed E-state index contributed by atoms with van der Waals surface area (Å²) in [5.74, 6) is -1.04. The van der Waals surface area contributed by atoms with E-state index < -0.39 is 10.8 Å². The number of rotatable bonds is 4. The van der Waals surface area contributed by atoms with Crippen molar-refractivity contribution in [2.75, 3.05) is 5.32 Å². The lowest BCUT2D eigenvalue weighted by atomic mass is 9.84. The number of amides is 1. The van der Waals surface area contributed by atoms with Crippen LogP contribution in [0.1, 0.15) is 42.4 Å². The zero-order chi connectivity index (χ0) is 23.1. The fraction of sp³-hybridized carbons (Fsp3) is 0. The van der Waals surface area contributed by atoms with E-state index in [1.807, 2.05) is 0 Å². The highest BCUT2D eigenvalue weighted by Gasteiger charge is 2.29. The number of nitro benzene ring substituents is 1. The van der Waals surface area contributed by atoms with E-state index in [0.29, 0.717) is 16.8 Å². The van der Waals surface area contributed by atoms with Crippen molar-refractivity contribution in [3.05, 3.63) is 117 Å². The minimum atomic E-state index is -0.602. The maximum absolute atomic E-state index is 12.9. The topological polar surface area (TPSA) is 120 Å². The van der Waals surface area contributed by atoms with Crippen LogP contribution in [-0.2, 0) is 0 Å². The molecule has 160 valence electrons. The molecular weight excluding hydrogens is 424 g/mol. The largest absolute Gasteiger partial charge is 0.451 e. The molecule has 1 aliphatic carbocycles. The number of furan rings is 1. The number of nitro groups is 1. The first kappa shape index (κ1) is 20.1. The van der Waals surface area contributed by atoms with E-state index in [9.17, 15) is 24.5 Å². The van der Waals surface area contributed by atoms with Crippen molar-refractivity contribution >= 4 is 28.8 Å². The van der Waals surface area contributed by atoms with Gasteiger partial charge < -0.3 is 9.73 Å². The predicted molar refractivity (Wildman–Crippen MR) is 119 cm³/mol. The van der Waals surface area contributed by atoms with Gasteiger partial charge >= 0.3 is 0 Å². The van der Waals surface area contributed by atoms with E-state index in [-0.39, 0.29) is 45.5 Å². The molecule has 0 aliphatic heterocycles. The highest BCUT2D eigenvalue weighted by molar-refractivity contribution is 6.28. The Labute approximate surface area is 186 Å². The van der Waals surface area contributed by atoms with Gasteiger partial charge in [-0.05, 0) is 36.4 Å². The molecule has 8 heteroatoms. The van der Waals surface area contributed by atoms with Gasteiger partial charge in [0.15, 0.2) is 17.3 Å². The van der Waals surface area contributed by atoms with Gasteiger partial charge in [0.2, 0.25) is 0 Å². The second kappa shape index (κ2) is 7.69. The van der Waals surface area contributed by atoms with Crippen LogP contribution in [0.5, 0.6) is 0 Å². The van der Waals surface area contributed by atoms with Gasteiger partial charge in [0.1, 0.15) is 5.76 Å². The first-order valence-corrected chi connectivity index (χ1v) is 9.91. The number of para-hydroxylation sites is 1. The van der Waals surface area contributed by atoms with E-state index in [1.165, 1.54) is 42.5 Å². The highest BCUT2D eigenvalue weighted by atomic mass is 16.6. The molecule has 0 saturated heterocycles. The summed E-state index contributed by atoms with van der Waals surface area (Å²) in [5, 5.41) is 13.9. The second-order valence-corrected chi connectivity index (χ2v) is 7.36. The van der Waals surface area contributed by atoms with Gasteiger partial charge in [-0.25, -0.2) is 0 Å². The third-order valence-corrected chi connectivity index (χ3v) is 5.38. The Kier molecular flexibility index (Phi) is 4.68. The number of nitrogens with zero attached hydrogens (tertiary/aromatic N) is 1. The third kappa shape index (κ3) is 3.39. The summed E-state index contributed by atoms with van der Waals surface area (Å²) in [4.78, 5) is 49.0. The molecule has 1 heterocycles. The van der Waals surface area contributed by atoms with Crippen LogP contribution >= 0.6 is 0 Å². The maximum atomic E-state index is 12.9. The van der Waals surface area contributed by atoms with E-state index in [0.717, 1.165) is 0 Å². The average molecular weight is 438 g/mol.